The van der Waals surface area contributed by atoms with Gasteiger partial charge in [0.15, 0.2) is 0 Å². The smallest absolute Gasteiger partial charge is 0.299 e. The fourth-order valence-electron chi connectivity index (χ4n) is 2.34. The second kappa shape index (κ2) is 4.53. The molecule has 0 fully saturated rings. The summed E-state index contributed by atoms with van der Waals surface area (Å²) in [6.07, 6.45) is 0. The van der Waals surface area contributed by atoms with E-state index in [0.29, 0.717) is 12.1 Å². The number of amides is 1. The van der Waals surface area contributed by atoms with Crippen molar-refractivity contribution in [3.63, 3.8) is 0 Å². The number of ketones is 1. The Hall–Kier alpha value is -1.68. The van der Waals surface area contributed by atoms with Crippen LogP contribution in [-0.4, -0.2) is 43.8 Å². The zero-order chi connectivity index (χ0) is 13.4. The summed E-state index contributed by atoms with van der Waals surface area (Å²) in [7, 11) is 3.90. The molecule has 0 N–H and O–H groups in total. The minimum Gasteiger partial charge on any atom is -0.308 e. The van der Waals surface area contributed by atoms with Gasteiger partial charge in [0.1, 0.15) is 0 Å². The van der Waals surface area contributed by atoms with Gasteiger partial charge in [-0.05, 0) is 45.1 Å². The van der Waals surface area contributed by atoms with E-state index >= 15 is 0 Å². The molecule has 1 amide bonds. The lowest BCUT2D eigenvalue weighted by Crippen LogP contribution is -2.36. The SMILES string of the molecule is Cc1cc(C)c2c(c1)C(=O)C(=O)N2CCN(C)C. The molecular weight excluding hydrogens is 228 g/mol. The second-order valence-corrected chi connectivity index (χ2v) is 5.07. The van der Waals surface area contributed by atoms with Gasteiger partial charge in [0.05, 0.1) is 11.3 Å². The van der Waals surface area contributed by atoms with Crippen molar-refractivity contribution in [3.8, 4) is 0 Å². The third-order valence-electron chi connectivity index (χ3n) is 3.17. The molecule has 1 aromatic carbocycles. The first kappa shape index (κ1) is 12.8. The first-order valence-corrected chi connectivity index (χ1v) is 6.04. The number of carbonyl (C=O) groups excluding carboxylic acids is 2. The summed E-state index contributed by atoms with van der Waals surface area (Å²) in [6, 6.07) is 3.81. The van der Waals surface area contributed by atoms with Crippen LogP contribution >= 0.6 is 0 Å². The molecule has 0 bridgehead atoms. The molecule has 4 heteroatoms. The van der Waals surface area contributed by atoms with Crippen molar-refractivity contribution in [2.45, 2.75) is 13.8 Å². The molecule has 0 radical (unpaired) electrons. The maximum Gasteiger partial charge on any atom is 0.299 e. The standard InChI is InChI=1S/C14H18N2O2/c1-9-7-10(2)12-11(8-9)13(17)14(18)16(12)6-5-15(3)4/h7-8H,5-6H2,1-4H3. The van der Waals surface area contributed by atoms with E-state index in [1.807, 2.05) is 38.9 Å². The number of anilines is 1. The second-order valence-electron chi connectivity index (χ2n) is 5.07. The van der Waals surface area contributed by atoms with Gasteiger partial charge in [-0.15, -0.1) is 0 Å². The van der Waals surface area contributed by atoms with Gasteiger partial charge in [-0.1, -0.05) is 6.07 Å². The molecule has 96 valence electrons. The molecular formula is C14H18N2O2. The van der Waals surface area contributed by atoms with Gasteiger partial charge >= 0.3 is 0 Å². The van der Waals surface area contributed by atoms with E-state index in [4.69, 9.17) is 0 Å². The van der Waals surface area contributed by atoms with Gasteiger partial charge in [-0.25, -0.2) is 0 Å². The van der Waals surface area contributed by atoms with Crippen molar-refractivity contribution in [1.82, 2.24) is 4.90 Å². The van der Waals surface area contributed by atoms with Crippen molar-refractivity contribution in [2.24, 2.45) is 0 Å². The maximum absolute atomic E-state index is 12.0. The highest BCUT2D eigenvalue weighted by molar-refractivity contribution is 6.52. The average Bonchev–Trinajstić information content (AvgIpc) is 2.51. The van der Waals surface area contributed by atoms with Crippen LogP contribution < -0.4 is 4.90 Å². The monoisotopic (exact) mass is 246 g/mol. The number of aryl methyl sites for hydroxylation is 2. The average molecular weight is 246 g/mol. The normalized spacial score (nSPS) is 14.6. The highest BCUT2D eigenvalue weighted by Crippen LogP contribution is 2.33. The van der Waals surface area contributed by atoms with E-state index < -0.39 is 5.91 Å². The Morgan fingerprint density at radius 3 is 2.44 bits per heavy atom. The molecule has 0 saturated heterocycles. The molecule has 1 aliphatic rings. The number of rotatable bonds is 3. The number of nitrogens with zero attached hydrogens (tertiary/aromatic N) is 2. The third-order valence-corrected chi connectivity index (χ3v) is 3.17. The van der Waals surface area contributed by atoms with Crippen molar-refractivity contribution < 1.29 is 9.59 Å². The van der Waals surface area contributed by atoms with Gasteiger partial charge in [0, 0.05) is 13.1 Å². The van der Waals surface area contributed by atoms with E-state index in [9.17, 15) is 9.59 Å². The van der Waals surface area contributed by atoms with Gasteiger partial charge in [0.2, 0.25) is 0 Å². The first-order valence-electron chi connectivity index (χ1n) is 6.04. The van der Waals surface area contributed by atoms with Crippen LogP contribution in [-0.2, 0) is 4.79 Å². The van der Waals surface area contributed by atoms with Crippen molar-refractivity contribution in [1.29, 1.82) is 0 Å². The Morgan fingerprint density at radius 1 is 1.17 bits per heavy atom. The summed E-state index contributed by atoms with van der Waals surface area (Å²) in [6.45, 7) is 5.17. The van der Waals surface area contributed by atoms with Gasteiger partial charge in [-0.3, -0.25) is 9.59 Å². The molecule has 1 aromatic rings. The Bertz CT molecular complexity index is 521. The molecule has 0 aromatic heterocycles. The van der Waals surface area contributed by atoms with E-state index in [1.54, 1.807) is 11.0 Å². The quantitative estimate of drug-likeness (QED) is 0.757. The zero-order valence-electron chi connectivity index (χ0n) is 11.3. The zero-order valence-corrected chi connectivity index (χ0v) is 11.3. The summed E-state index contributed by atoms with van der Waals surface area (Å²) in [5.41, 5.74) is 3.35. The van der Waals surface area contributed by atoms with E-state index in [1.165, 1.54) is 0 Å². The summed E-state index contributed by atoms with van der Waals surface area (Å²) < 4.78 is 0. The Balaban J connectivity index is 2.42. The first-order chi connectivity index (χ1) is 8.41. The number of benzene rings is 1. The van der Waals surface area contributed by atoms with Crippen molar-refractivity contribution in [3.05, 3.63) is 28.8 Å². The van der Waals surface area contributed by atoms with Crippen LogP contribution in [0.2, 0.25) is 0 Å². The van der Waals surface area contributed by atoms with Crippen molar-refractivity contribution >= 4 is 17.4 Å². The number of hydrogen-bond acceptors (Lipinski definition) is 3. The Kier molecular flexibility index (Phi) is 3.22. The summed E-state index contributed by atoms with van der Waals surface area (Å²) in [4.78, 5) is 27.6. The third kappa shape index (κ3) is 2.04. The van der Waals surface area contributed by atoms with E-state index in [-0.39, 0.29) is 5.78 Å². The van der Waals surface area contributed by atoms with Crippen LogP contribution in [0.25, 0.3) is 0 Å². The number of carbonyl (C=O) groups is 2. The topological polar surface area (TPSA) is 40.6 Å². The molecule has 0 atom stereocenters. The van der Waals surface area contributed by atoms with Crippen LogP contribution in [0.5, 0.6) is 0 Å². The van der Waals surface area contributed by atoms with Crippen LogP contribution in [0.15, 0.2) is 12.1 Å². The lowest BCUT2D eigenvalue weighted by Gasteiger charge is -2.20. The summed E-state index contributed by atoms with van der Waals surface area (Å²) in [5.74, 6) is -0.781. The number of hydrogen-bond donors (Lipinski definition) is 0. The highest BCUT2D eigenvalue weighted by Gasteiger charge is 2.36. The summed E-state index contributed by atoms with van der Waals surface area (Å²) in [5, 5.41) is 0. The lowest BCUT2D eigenvalue weighted by molar-refractivity contribution is -0.114. The molecule has 18 heavy (non-hydrogen) atoms. The van der Waals surface area contributed by atoms with Gasteiger partial charge in [0.25, 0.3) is 11.7 Å². The molecule has 0 saturated carbocycles. The van der Waals surface area contributed by atoms with Crippen molar-refractivity contribution in [2.75, 3.05) is 32.1 Å². The predicted molar refractivity (Wildman–Crippen MR) is 71.2 cm³/mol. The fraction of sp³-hybridized carbons (Fsp3) is 0.429. The predicted octanol–water partition coefficient (Wildman–Crippen LogP) is 1.39. The van der Waals surface area contributed by atoms with Crippen LogP contribution in [0.3, 0.4) is 0 Å². The van der Waals surface area contributed by atoms with Crippen LogP contribution in [0, 0.1) is 13.8 Å². The van der Waals surface area contributed by atoms with E-state index in [2.05, 4.69) is 0 Å². The minimum absolute atomic E-state index is 0.379. The molecule has 4 nitrogen and oxygen atoms in total. The highest BCUT2D eigenvalue weighted by atomic mass is 16.2. The Morgan fingerprint density at radius 2 is 1.83 bits per heavy atom. The van der Waals surface area contributed by atoms with Crippen LogP contribution in [0.4, 0.5) is 5.69 Å². The maximum atomic E-state index is 12.0. The molecule has 1 heterocycles. The molecule has 2 rings (SSSR count). The Labute approximate surface area is 107 Å². The number of fused-ring (bicyclic) bond motifs is 1. The minimum atomic E-state index is -0.402. The van der Waals surface area contributed by atoms with Gasteiger partial charge in [-0.2, -0.15) is 0 Å². The molecule has 1 aliphatic heterocycles. The van der Waals surface area contributed by atoms with Gasteiger partial charge < -0.3 is 9.80 Å². The fourth-order valence-corrected chi connectivity index (χ4v) is 2.34. The molecule has 0 spiro atoms. The number of Topliss-reactive ketones (excluding diaryl/α,β-unsaturated/α-hetero) is 1. The lowest BCUT2D eigenvalue weighted by atomic mass is 10.0. The summed E-state index contributed by atoms with van der Waals surface area (Å²) >= 11 is 0. The van der Waals surface area contributed by atoms with E-state index in [0.717, 1.165) is 23.4 Å². The molecule has 0 unspecified atom stereocenters. The number of likely N-dealkylation sites (N-methyl/N-ethyl adjacent to an activating group) is 1. The largest absolute Gasteiger partial charge is 0.308 e. The van der Waals surface area contributed by atoms with Crippen LogP contribution in [0.1, 0.15) is 21.5 Å². The molecule has 0 aliphatic carbocycles.